The second-order valence-electron chi connectivity index (χ2n) is 5.17. The zero-order chi connectivity index (χ0) is 12.2. The summed E-state index contributed by atoms with van der Waals surface area (Å²) in [7, 11) is 0. The normalized spacial score (nSPS) is 23.4. The SMILES string of the molecule is c1cc2c(cc1OCC1CSCCN1)CCCC2. The lowest BCUT2D eigenvalue weighted by Gasteiger charge is -2.23. The van der Waals surface area contributed by atoms with Crippen molar-refractivity contribution in [2.45, 2.75) is 31.7 Å². The molecular formula is C15H21NOS. The topological polar surface area (TPSA) is 21.3 Å². The minimum absolute atomic E-state index is 0.514. The van der Waals surface area contributed by atoms with Crippen LogP contribution in [0.1, 0.15) is 24.0 Å². The lowest BCUT2D eigenvalue weighted by molar-refractivity contribution is 0.275. The molecule has 3 rings (SSSR count). The summed E-state index contributed by atoms with van der Waals surface area (Å²) < 4.78 is 5.94. The van der Waals surface area contributed by atoms with Crippen LogP contribution in [-0.2, 0) is 12.8 Å². The number of hydrogen-bond acceptors (Lipinski definition) is 3. The van der Waals surface area contributed by atoms with Crippen LogP contribution in [0.15, 0.2) is 18.2 Å². The molecule has 1 aliphatic heterocycles. The van der Waals surface area contributed by atoms with Crippen molar-refractivity contribution in [3.05, 3.63) is 29.3 Å². The largest absolute Gasteiger partial charge is 0.492 e. The summed E-state index contributed by atoms with van der Waals surface area (Å²) in [4.78, 5) is 0. The van der Waals surface area contributed by atoms with Gasteiger partial charge in [-0.1, -0.05) is 6.07 Å². The third-order valence-electron chi connectivity index (χ3n) is 3.77. The van der Waals surface area contributed by atoms with Crippen LogP contribution in [0.5, 0.6) is 5.75 Å². The fourth-order valence-corrected chi connectivity index (χ4v) is 3.65. The molecule has 0 aromatic heterocycles. The predicted octanol–water partition coefficient (Wildman–Crippen LogP) is 2.65. The molecular weight excluding hydrogens is 242 g/mol. The Kier molecular flexibility index (Phi) is 4.11. The molecule has 1 atom stereocenters. The summed E-state index contributed by atoms with van der Waals surface area (Å²) in [6.45, 7) is 1.91. The van der Waals surface area contributed by atoms with Gasteiger partial charge in [0.05, 0.1) is 6.04 Å². The minimum Gasteiger partial charge on any atom is -0.492 e. The lowest BCUT2D eigenvalue weighted by Crippen LogP contribution is -2.41. The monoisotopic (exact) mass is 263 g/mol. The standard InChI is InChI=1S/C15H21NOS/c1-2-4-13-9-15(6-5-12(13)3-1)17-10-14-11-18-8-7-16-14/h5-6,9,14,16H,1-4,7-8,10-11H2. The van der Waals surface area contributed by atoms with Gasteiger partial charge in [-0.25, -0.2) is 0 Å². The van der Waals surface area contributed by atoms with E-state index in [2.05, 4.69) is 23.5 Å². The molecule has 0 radical (unpaired) electrons. The van der Waals surface area contributed by atoms with E-state index in [1.807, 2.05) is 11.8 Å². The van der Waals surface area contributed by atoms with Crippen LogP contribution < -0.4 is 10.1 Å². The highest BCUT2D eigenvalue weighted by atomic mass is 32.2. The van der Waals surface area contributed by atoms with Crippen LogP contribution in [0.4, 0.5) is 0 Å². The van der Waals surface area contributed by atoms with E-state index >= 15 is 0 Å². The first-order chi connectivity index (χ1) is 8.92. The number of thioether (sulfide) groups is 1. The van der Waals surface area contributed by atoms with Crippen molar-refractivity contribution in [1.29, 1.82) is 0 Å². The van der Waals surface area contributed by atoms with Crippen LogP contribution >= 0.6 is 11.8 Å². The van der Waals surface area contributed by atoms with Crippen molar-refractivity contribution >= 4 is 11.8 Å². The molecule has 18 heavy (non-hydrogen) atoms. The molecule has 0 amide bonds. The van der Waals surface area contributed by atoms with Crippen LogP contribution in [0.25, 0.3) is 0 Å². The van der Waals surface area contributed by atoms with E-state index in [-0.39, 0.29) is 0 Å². The van der Waals surface area contributed by atoms with Crippen molar-refractivity contribution in [2.75, 3.05) is 24.7 Å². The average Bonchev–Trinajstić information content (AvgIpc) is 2.46. The molecule has 1 aromatic carbocycles. The third-order valence-corrected chi connectivity index (χ3v) is 4.90. The van der Waals surface area contributed by atoms with Gasteiger partial charge in [0.15, 0.2) is 0 Å². The maximum absolute atomic E-state index is 5.94. The summed E-state index contributed by atoms with van der Waals surface area (Å²) in [5, 5.41) is 3.51. The van der Waals surface area contributed by atoms with Crippen molar-refractivity contribution in [2.24, 2.45) is 0 Å². The molecule has 3 heteroatoms. The second kappa shape index (κ2) is 5.98. The summed E-state index contributed by atoms with van der Waals surface area (Å²) in [6, 6.07) is 7.16. The Labute approximate surface area is 113 Å². The number of rotatable bonds is 3. The summed E-state index contributed by atoms with van der Waals surface area (Å²) in [5.41, 5.74) is 3.03. The Bertz CT molecular complexity index is 401. The van der Waals surface area contributed by atoms with Gasteiger partial charge in [-0.05, 0) is 48.9 Å². The molecule has 1 unspecified atom stereocenters. The van der Waals surface area contributed by atoms with Crippen molar-refractivity contribution < 1.29 is 4.74 Å². The molecule has 2 aliphatic rings. The molecule has 0 spiro atoms. The smallest absolute Gasteiger partial charge is 0.119 e. The van der Waals surface area contributed by atoms with Gasteiger partial charge >= 0.3 is 0 Å². The highest BCUT2D eigenvalue weighted by molar-refractivity contribution is 7.99. The number of nitrogens with one attached hydrogen (secondary N) is 1. The van der Waals surface area contributed by atoms with Crippen LogP contribution in [0.3, 0.4) is 0 Å². The first kappa shape index (κ1) is 12.4. The number of benzene rings is 1. The fraction of sp³-hybridized carbons (Fsp3) is 0.600. The molecule has 1 saturated heterocycles. The van der Waals surface area contributed by atoms with Crippen molar-refractivity contribution in [3.8, 4) is 5.75 Å². The first-order valence-corrected chi connectivity index (χ1v) is 8.13. The maximum atomic E-state index is 5.94. The van der Waals surface area contributed by atoms with E-state index in [0.29, 0.717) is 6.04 Å². The van der Waals surface area contributed by atoms with Crippen molar-refractivity contribution in [1.82, 2.24) is 5.32 Å². The van der Waals surface area contributed by atoms with Crippen LogP contribution in [-0.4, -0.2) is 30.7 Å². The number of fused-ring (bicyclic) bond motifs is 1. The van der Waals surface area contributed by atoms with Gasteiger partial charge < -0.3 is 10.1 Å². The highest BCUT2D eigenvalue weighted by Crippen LogP contribution is 2.25. The Morgan fingerprint density at radius 3 is 2.94 bits per heavy atom. The molecule has 1 fully saturated rings. The Balaban J connectivity index is 1.58. The molecule has 98 valence electrons. The molecule has 0 saturated carbocycles. The van der Waals surface area contributed by atoms with Gasteiger partial charge in [-0.3, -0.25) is 0 Å². The molecule has 1 aromatic rings. The van der Waals surface area contributed by atoms with E-state index in [4.69, 9.17) is 4.74 Å². The van der Waals surface area contributed by atoms with Gasteiger partial charge in [-0.15, -0.1) is 0 Å². The molecule has 1 heterocycles. The van der Waals surface area contributed by atoms with E-state index in [9.17, 15) is 0 Å². The van der Waals surface area contributed by atoms with Gasteiger partial charge in [0.2, 0.25) is 0 Å². The Morgan fingerprint density at radius 2 is 2.11 bits per heavy atom. The lowest BCUT2D eigenvalue weighted by atomic mass is 9.92. The molecule has 1 N–H and O–H groups in total. The van der Waals surface area contributed by atoms with Gasteiger partial charge in [0.1, 0.15) is 12.4 Å². The summed E-state index contributed by atoms with van der Waals surface area (Å²) in [5.74, 6) is 3.45. The molecule has 2 nitrogen and oxygen atoms in total. The number of ether oxygens (including phenoxy) is 1. The average molecular weight is 263 g/mol. The maximum Gasteiger partial charge on any atom is 0.119 e. The second-order valence-corrected chi connectivity index (χ2v) is 6.32. The third kappa shape index (κ3) is 3.01. The van der Waals surface area contributed by atoms with E-state index < -0.39 is 0 Å². The summed E-state index contributed by atoms with van der Waals surface area (Å²) >= 11 is 2.02. The van der Waals surface area contributed by atoms with Gasteiger partial charge in [-0.2, -0.15) is 11.8 Å². The fourth-order valence-electron chi connectivity index (χ4n) is 2.72. The van der Waals surface area contributed by atoms with E-state index in [1.165, 1.54) is 48.3 Å². The van der Waals surface area contributed by atoms with Crippen molar-refractivity contribution in [3.63, 3.8) is 0 Å². The van der Waals surface area contributed by atoms with Crippen LogP contribution in [0, 0.1) is 0 Å². The minimum atomic E-state index is 0.514. The van der Waals surface area contributed by atoms with E-state index in [1.54, 1.807) is 0 Å². The summed E-state index contributed by atoms with van der Waals surface area (Å²) in [6.07, 6.45) is 5.15. The van der Waals surface area contributed by atoms with Gasteiger partial charge in [0, 0.05) is 18.1 Å². The Morgan fingerprint density at radius 1 is 1.22 bits per heavy atom. The quantitative estimate of drug-likeness (QED) is 0.906. The predicted molar refractivity (Wildman–Crippen MR) is 77.7 cm³/mol. The highest BCUT2D eigenvalue weighted by Gasteiger charge is 2.14. The van der Waals surface area contributed by atoms with Crippen LogP contribution in [0.2, 0.25) is 0 Å². The zero-order valence-corrected chi connectivity index (χ0v) is 11.6. The Hall–Kier alpha value is -0.670. The number of aryl methyl sites for hydroxylation is 2. The number of hydrogen-bond donors (Lipinski definition) is 1. The zero-order valence-electron chi connectivity index (χ0n) is 10.8. The van der Waals surface area contributed by atoms with E-state index in [0.717, 1.165) is 18.9 Å². The molecule has 1 aliphatic carbocycles. The van der Waals surface area contributed by atoms with Gasteiger partial charge in [0.25, 0.3) is 0 Å². The molecule has 0 bridgehead atoms. The first-order valence-electron chi connectivity index (χ1n) is 6.97.